The number of benzene rings is 1. The summed E-state index contributed by atoms with van der Waals surface area (Å²) in [6, 6.07) is 6.45. The highest BCUT2D eigenvalue weighted by Gasteiger charge is 2.53. The first kappa shape index (κ1) is 21.5. The van der Waals surface area contributed by atoms with Gasteiger partial charge in [-0.05, 0) is 70.4 Å². The van der Waals surface area contributed by atoms with Gasteiger partial charge < -0.3 is 14.4 Å². The van der Waals surface area contributed by atoms with Crippen LogP contribution >= 0.6 is 0 Å². The number of aromatic nitrogens is 2. The molecular weight excluding hydrogens is 402 g/mol. The number of nitrogens with one attached hydrogen (secondary N) is 1. The van der Waals surface area contributed by atoms with Crippen LogP contribution in [0.3, 0.4) is 0 Å². The zero-order valence-corrected chi connectivity index (χ0v) is 20.0. The van der Waals surface area contributed by atoms with Crippen LogP contribution in [0.25, 0.3) is 0 Å². The minimum absolute atomic E-state index is 0.0496. The fraction of sp³-hybridized carbons (Fsp3) is 0.615. The molecule has 1 aromatic carbocycles. The van der Waals surface area contributed by atoms with Crippen LogP contribution in [0, 0.1) is 25.2 Å². The fourth-order valence-corrected chi connectivity index (χ4v) is 5.92. The standard InChI is InChI=1S/C26H35N3O3/c1-6-20-17(3)22(28-27-20)24(30)29-11-9-26(10-12-29)14-19-23(31-15-26)18-8-7-16(2)13-21(18)32-25(19,4)5/h7-8,13,19,23H,6,9-12,14-15H2,1-5H3,(H,27,28)/t19-,23+/m0/s1. The van der Waals surface area contributed by atoms with E-state index in [1.807, 2.05) is 11.8 Å². The number of hydrogen-bond donors (Lipinski definition) is 1. The number of aryl methyl sites for hydroxylation is 2. The lowest BCUT2D eigenvalue weighted by Gasteiger charge is -2.54. The van der Waals surface area contributed by atoms with Gasteiger partial charge in [-0.15, -0.1) is 0 Å². The number of carbonyl (C=O) groups excluding carboxylic acids is 1. The van der Waals surface area contributed by atoms with E-state index in [-0.39, 0.29) is 23.0 Å². The van der Waals surface area contributed by atoms with Gasteiger partial charge in [0.2, 0.25) is 0 Å². The van der Waals surface area contributed by atoms with Crippen LogP contribution in [0.15, 0.2) is 18.2 Å². The summed E-state index contributed by atoms with van der Waals surface area (Å²) < 4.78 is 13.1. The topological polar surface area (TPSA) is 67.5 Å². The Hall–Kier alpha value is -2.34. The minimum Gasteiger partial charge on any atom is -0.487 e. The van der Waals surface area contributed by atoms with Crippen LogP contribution in [0.5, 0.6) is 5.75 Å². The Kier molecular flexibility index (Phi) is 5.12. The van der Waals surface area contributed by atoms with Gasteiger partial charge in [0.1, 0.15) is 11.4 Å². The second-order valence-electron chi connectivity index (χ2n) is 10.6. The van der Waals surface area contributed by atoms with Crippen molar-refractivity contribution in [2.24, 2.45) is 11.3 Å². The molecule has 2 atom stereocenters. The summed E-state index contributed by atoms with van der Waals surface area (Å²) in [6.45, 7) is 12.8. The maximum atomic E-state index is 13.1. The Morgan fingerprint density at radius 1 is 1.25 bits per heavy atom. The van der Waals surface area contributed by atoms with Crippen molar-refractivity contribution in [1.82, 2.24) is 15.1 Å². The van der Waals surface area contributed by atoms with E-state index in [2.05, 4.69) is 56.1 Å². The Labute approximate surface area is 190 Å². The zero-order valence-electron chi connectivity index (χ0n) is 20.0. The molecule has 2 aromatic rings. The number of fused-ring (bicyclic) bond motifs is 3. The lowest BCUT2D eigenvalue weighted by molar-refractivity contribution is -0.173. The van der Waals surface area contributed by atoms with Gasteiger partial charge in [-0.1, -0.05) is 19.1 Å². The zero-order chi connectivity index (χ0) is 22.7. The summed E-state index contributed by atoms with van der Waals surface area (Å²) in [6.07, 6.45) is 3.93. The van der Waals surface area contributed by atoms with Gasteiger partial charge in [-0.25, -0.2) is 0 Å². The van der Waals surface area contributed by atoms with Gasteiger partial charge in [-0.2, -0.15) is 5.10 Å². The molecule has 1 N–H and O–H groups in total. The number of hydrogen-bond acceptors (Lipinski definition) is 4. The third-order valence-corrected chi connectivity index (χ3v) is 8.11. The molecule has 6 nitrogen and oxygen atoms in total. The third-order valence-electron chi connectivity index (χ3n) is 8.11. The van der Waals surface area contributed by atoms with Crippen molar-refractivity contribution in [1.29, 1.82) is 0 Å². The lowest BCUT2D eigenvalue weighted by atomic mass is 9.64. The van der Waals surface area contributed by atoms with Crippen LogP contribution in [0.2, 0.25) is 0 Å². The van der Waals surface area contributed by atoms with Crippen LogP contribution in [-0.2, 0) is 11.2 Å². The summed E-state index contributed by atoms with van der Waals surface area (Å²) >= 11 is 0. The van der Waals surface area contributed by atoms with Crippen LogP contribution in [0.1, 0.15) is 79.0 Å². The molecule has 1 spiro atoms. The first-order chi connectivity index (χ1) is 15.2. The van der Waals surface area contributed by atoms with Gasteiger partial charge in [0.25, 0.3) is 5.91 Å². The average molecular weight is 438 g/mol. The van der Waals surface area contributed by atoms with E-state index in [9.17, 15) is 4.79 Å². The molecule has 6 heteroatoms. The number of rotatable bonds is 2. The highest BCUT2D eigenvalue weighted by atomic mass is 16.5. The number of piperidine rings is 1. The largest absolute Gasteiger partial charge is 0.487 e. The minimum atomic E-state index is -0.283. The monoisotopic (exact) mass is 437 g/mol. The van der Waals surface area contributed by atoms with Crippen molar-refractivity contribution >= 4 is 5.91 Å². The smallest absolute Gasteiger partial charge is 0.274 e. The van der Waals surface area contributed by atoms with E-state index in [1.54, 1.807) is 0 Å². The third kappa shape index (κ3) is 3.43. The van der Waals surface area contributed by atoms with Crippen molar-refractivity contribution in [2.45, 2.75) is 72.0 Å². The van der Waals surface area contributed by atoms with Crippen LogP contribution < -0.4 is 4.74 Å². The first-order valence-electron chi connectivity index (χ1n) is 12.0. The number of nitrogens with zero attached hydrogens (tertiary/aromatic N) is 2. The summed E-state index contributed by atoms with van der Waals surface area (Å²) in [7, 11) is 0. The first-order valence-corrected chi connectivity index (χ1v) is 12.0. The number of amides is 1. The quantitative estimate of drug-likeness (QED) is 0.736. The molecule has 3 aliphatic heterocycles. The number of carbonyl (C=O) groups is 1. The number of ether oxygens (including phenoxy) is 2. The number of H-pyrrole nitrogens is 1. The lowest BCUT2D eigenvalue weighted by Crippen LogP contribution is -2.54. The van der Waals surface area contributed by atoms with E-state index in [0.717, 1.165) is 62.4 Å². The van der Waals surface area contributed by atoms with Crippen molar-refractivity contribution < 1.29 is 14.3 Å². The summed E-state index contributed by atoms with van der Waals surface area (Å²) in [5.74, 6) is 1.32. The molecule has 0 aliphatic carbocycles. The summed E-state index contributed by atoms with van der Waals surface area (Å²) in [5.41, 5.74) is 4.82. The van der Waals surface area contributed by atoms with Gasteiger partial charge >= 0.3 is 0 Å². The van der Waals surface area contributed by atoms with E-state index in [1.165, 1.54) is 11.1 Å². The fourth-order valence-electron chi connectivity index (χ4n) is 5.92. The molecule has 1 amide bonds. The normalized spacial score (nSPS) is 25.7. The molecule has 2 fully saturated rings. The Morgan fingerprint density at radius 3 is 2.69 bits per heavy atom. The maximum Gasteiger partial charge on any atom is 0.274 e. The van der Waals surface area contributed by atoms with E-state index >= 15 is 0 Å². The van der Waals surface area contributed by atoms with Gasteiger partial charge in [0, 0.05) is 35.8 Å². The molecule has 0 unspecified atom stereocenters. The van der Waals surface area contributed by atoms with Gasteiger partial charge in [0.15, 0.2) is 5.69 Å². The molecule has 0 bridgehead atoms. The number of aromatic amines is 1. The predicted octanol–water partition coefficient (Wildman–Crippen LogP) is 4.76. The molecule has 3 aliphatic rings. The molecule has 1 aromatic heterocycles. The maximum absolute atomic E-state index is 13.1. The highest BCUT2D eigenvalue weighted by molar-refractivity contribution is 5.94. The molecule has 172 valence electrons. The molecule has 32 heavy (non-hydrogen) atoms. The summed E-state index contributed by atoms with van der Waals surface area (Å²) in [4.78, 5) is 15.1. The predicted molar refractivity (Wildman–Crippen MR) is 123 cm³/mol. The molecule has 4 heterocycles. The second kappa shape index (κ2) is 7.62. The van der Waals surface area contributed by atoms with Crippen LogP contribution in [0.4, 0.5) is 0 Å². The SMILES string of the molecule is CCc1[nH]nc(C(=O)N2CCC3(CC2)CO[C@@H]2c4ccc(C)cc4OC(C)(C)[C@H]2C3)c1C. The van der Waals surface area contributed by atoms with Crippen molar-refractivity contribution in [2.75, 3.05) is 19.7 Å². The molecule has 5 rings (SSSR count). The van der Waals surface area contributed by atoms with Gasteiger partial charge in [0.05, 0.1) is 12.7 Å². The molecule has 0 saturated carbocycles. The van der Waals surface area contributed by atoms with E-state index < -0.39 is 0 Å². The van der Waals surface area contributed by atoms with Crippen molar-refractivity contribution in [3.63, 3.8) is 0 Å². The van der Waals surface area contributed by atoms with Crippen LogP contribution in [-0.4, -0.2) is 46.3 Å². The molecular formula is C26H35N3O3. The Bertz CT molecular complexity index is 1030. The Balaban J connectivity index is 1.31. The van der Waals surface area contributed by atoms with E-state index in [0.29, 0.717) is 11.6 Å². The van der Waals surface area contributed by atoms with Gasteiger partial charge in [-0.3, -0.25) is 9.89 Å². The van der Waals surface area contributed by atoms with Crippen molar-refractivity contribution in [3.05, 3.63) is 46.3 Å². The second-order valence-corrected chi connectivity index (χ2v) is 10.6. The Morgan fingerprint density at radius 2 is 2.00 bits per heavy atom. The average Bonchev–Trinajstić information content (AvgIpc) is 3.14. The van der Waals surface area contributed by atoms with Crippen molar-refractivity contribution in [3.8, 4) is 5.75 Å². The number of likely N-dealkylation sites (tertiary alicyclic amines) is 1. The van der Waals surface area contributed by atoms with E-state index in [4.69, 9.17) is 9.47 Å². The highest BCUT2D eigenvalue weighted by Crippen LogP contribution is 2.55. The molecule has 0 radical (unpaired) electrons. The molecule has 2 saturated heterocycles. The summed E-state index contributed by atoms with van der Waals surface area (Å²) in [5, 5.41) is 7.33.